The minimum atomic E-state index is -0.696. The highest BCUT2D eigenvalue weighted by Crippen LogP contribution is 2.36. The Morgan fingerprint density at radius 1 is 1.52 bits per heavy atom. The number of nitrogens with two attached hydrogens (primary N) is 1. The molecule has 3 rings (SSSR count). The number of aryl methyl sites for hydroxylation is 1. The van der Waals surface area contributed by atoms with Gasteiger partial charge in [-0.2, -0.15) is 0 Å². The van der Waals surface area contributed by atoms with Crippen molar-refractivity contribution in [3.8, 4) is 0 Å². The number of carbonyl (C=O) groups excluding carboxylic acids is 1. The third-order valence-electron chi connectivity index (χ3n) is 3.30. The van der Waals surface area contributed by atoms with Gasteiger partial charge in [0.2, 0.25) is 5.91 Å². The molecule has 1 aromatic carbocycles. The van der Waals surface area contributed by atoms with Crippen LogP contribution < -0.4 is 11.1 Å². The van der Waals surface area contributed by atoms with Gasteiger partial charge in [-0.25, -0.2) is 0 Å². The number of aromatic nitrogens is 3. The Morgan fingerprint density at radius 3 is 2.86 bits per heavy atom. The van der Waals surface area contributed by atoms with Crippen LogP contribution in [0.1, 0.15) is 12.8 Å². The second-order valence-electron chi connectivity index (χ2n) is 5.08. The summed E-state index contributed by atoms with van der Waals surface area (Å²) >= 11 is 7.66. The molecule has 1 heterocycles. The highest BCUT2D eigenvalue weighted by atomic mass is 35.5. The molecule has 1 fully saturated rings. The Balaban J connectivity index is 1.74. The molecule has 1 aliphatic carbocycles. The largest absolute Gasteiger partial charge is 0.324 e. The molecule has 1 aromatic heterocycles. The highest BCUT2D eigenvalue weighted by molar-refractivity contribution is 7.99. The standard InChI is InChI=1S/C13H14ClN5OS/c1-19-7-16-18-12(19)21-10-3-2-8(6-9(10)14)17-11(20)13(15)4-5-13/h2-3,6-7H,4-5,15H2,1H3,(H,17,20). The first kappa shape index (κ1) is 14.4. The molecule has 110 valence electrons. The van der Waals surface area contributed by atoms with Gasteiger partial charge in [-0.05, 0) is 42.8 Å². The van der Waals surface area contributed by atoms with E-state index in [-0.39, 0.29) is 5.91 Å². The number of benzene rings is 1. The molecule has 21 heavy (non-hydrogen) atoms. The van der Waals surface area contributed by atoms with Crippen molar-refractivity contribution in [1.29, 1.82) is 0 Å². The minimum absolute atomic E-state index is 0.160. The topological polar surface area (TPSA) is 85.8 Å². The van der Waals surface area contributed by atoms with Crippen molar-refractivity contribution in [2.24, 2.45) is 12.8 Å². The van der Waals surface area contributed by atoms with Gasteiger partial charge >= 0.3 is 0 Å². The van der Waals surface area contributed by atoms with Gasteiger partial charge in [0.15, 0.2) is 5.16 Å². The van der Waals surface area contributed by atoms with E-state index in [4.69, 9.17) is 17.3 Å². The van der Waals surface area contributed by atoms with Crippen LogP contribution in [0.25, 0.3) is 0 Å². The number of carbonyl (C=O) groups is 1. The molecule has 0 bridgehead atoms. The molecule has 0 unspecified atom stereocenters. The SMILES string of the molecule is Cn1cnnc1Sc1ccc(NC(=O)C2(N)CC2)cc1Cl. The van der Waals surface area contributed by atoms with E-state index in [1.807, 2.05) is 17.7 Å². The van der Waals surface area contributed by atoms with E-state index in [2.05, 4.69) is 15.5 Å². The number of hydrogen-bond donors (Lipinski definition) is 2. The van der Waals surface area contributed by atoms with Crippen LogP contribution in [0.15, 0.2) is 34.6 Å². The Labute approximate surface area is 131 Å². The van der Waals surface area contributed by atoms with E-state index in [0.29, 0.717) is 10.7 Å². The first-order valence-corrected chi connectivity index (χ1v) is 7.59. The summed E-state index contributed by atoms with van der Waals surface area (Å²) in [6, 6.07) is 5.35. The van der Waals surface area contributed by atoms with Crippen molar-refractivity contribution < 1.29 is 4.79 Å². The summed E-state index contributed by atoms with van der Waals surface area (Å²) in [7, 11) is 1.86. The number of nitrogens with one attached hydrogen (secondary N) is 1. The van der Waals surface area contributed by atoms with Crippen molar-refractivity contribution in [2.75, 3.05) is 5.32 Å². The number of rotatable bonds is 4. The molecule has 0 atom stereocenters. The fraction of sp³-hybridized carbons (Fsp3) is 0.308. The van der Waals surface area contributed by atoms with Gasteiger partial charge < -0.3 is 15.6 Å². The zero-order valence-electron chi connectivity index (χ0n) is 11.3. The van der Waals surface area contributed by atoms with Crippen LogP contribution in [0.4, 0.5) is 5.69 Å². The summed E-state index contributed by atoms with van der Waals surface area (Å²) in [4.78, 5) is 12.7. The molecule has 1 amide bonds. The third kappa shape index (κ3) is 3.04. The van der Waals surface area contributed by atoms with Crippen LogP contribution in [0.5, 0.6) is 0 Å². The Bertz CT molecular complexity index is 698. The number of amides is 1. The summed E-state index contributed by atoms with van der Waals surface area (Å²) in [5, 5.41) is 11.9. The molecule has 8 heteroatoms. The lowest BCUT2D eigenvalue weighted by atomic mass is 10.2. The summed E-state index contributed by atoms with van der Waals surface area (Å²) in [5.41, 5.74) is 5.79. The maximum absolute atomic E-state index is 11.9. The molecule has 2 aromatic rings. The molecule has 1 aliphatic rings. The van der Waals surface area contributed by atoms with Crippen LogP contribution in [0, 0.1) is 0 Å². The second-order valence-corrected chi connectivity index (χ2v) is 6.50. The second kappa shape index (κ2) is 5.32. The lowest BCUT2D eigenvalue weighted by Crippen LogP contribution is -2.37. The summed E-state index contributed by atoms with van der Waals surface area (Å²) in [5.74, 6) is -0.160. The summed E-state index contributed by atoms with van der Waals surface area (Å²) in [6.45, 7) is 0. The van der Waals surface area contributed by atoms with Crippen LogP contribution in [-0.2, 0) is 11.8 Å². The maximum atomic E-state index is 11.9. The van der Waals surface area contributed by atoms with Gasteiger partial charge in [0.05, 0.1) is 10.6 Å². The van der Waals surface area contributed by atoms with E-state index in [1.165, 1.54) is 11.8 Å². The van der Waals surface area contributed by atoms with E-state index in [1.54, 1.807) is 18.5 Å². The molecule has 0 saturated heterocycles. The van der Waals surface area contributed by atoms with Crippen molar-refractivity contribution in [3.05, 3.63) is 29.5 Å². The van der Waals surface area contributed by atoms with Crippen molar-refractivity contribution in [1.82, 2.24) is 14.8 Å². The molecule has 6 nitrogen and oxygen atoms in total. The van der Waals surface area contributed by atoms with Gasteiger partial charge in [-0.3, -0.25) is 4.79 Å². The van der Waals surface area contributed by atoms with E-state index >= 15 is 0 Å². The average Bonchev–Trinajstić information content (AvgIpc) is 3.07. The normalized spacial score (nSPS) is 15.8. The summed E-state index contributed by atoms with van der Waals surface area (Å²) < 4.78 is 1.81. The Hall–Kier alpha value is -1.57. The van der Waals surface area contributed by atoms with Crippen LogP contribution >= 0.6 is 23.4 Å². The van der Waals surface area contributed by atoms with Crippen LogP contribution in [0.3, 0.4) is 0 Å². The zero-order chi connectivity index (χ0) is 15.0. The van der Waals surface area contributed by atoms with E-state index in [0.717, 1.165) is 22.9 Å². The van der Waals surface area contributed by atoms with Crippen LogP contribution in [0.2, 0.25) is 5.02 Å². The quantitative estimate of drug-likeness (QED) is 0.899. The predicted molar refractivity (Wildman–Crippen MR) is 81.4 cm³/mol. The van der Waals surface area contributed by atoms with Gasteiger partial charge in [-0.1, -0.05) is 11.6 Å². The summed E-state index contributed by atoms with van der Waals surface area (Å²) in [6.07, 6.45) is 3.08. The average molecular weight is 324 g/mol. The lowest BCUT2D eigenvalue weighted by molar-refractivity contribution is -0.118. The molecule has 0 radical (unpaired) electrons. The molecule has 0 spiro atoms. The highest BCUT2D eigenvalue weighted by Gasteiger charge is 2.45. The molecular weight excluding hydrogens is 310 g/mol. The van der Waals surface area contributed by atoms with Crippen LogP contribution in [-0.4, -0.2) is 26.2 Å². The van der Waals surface area contributed by atoms with E-state index in [9.17, 15) is 4.79 Å². The maximum Gasteiger partial charge on any atom is 0.244 e. The predicted octanol–water partition coefficient (Wildman–Crippen LogP) is 2.05. The van der Waals surface area contributed by atoms with Crippen molar-refractivity contribution in [2.45, 2.75) is 28.4 Å². The first-order chi connectivity index (χ1) is 9.98. The molecule has 1 saturated carbocycles. The van der Waals surface area contributed by atoms with Gasteiger partial charge in [-0.15, -0.1) is 10.2 Å². The van der Waals surface area contributed by atoms with Crippen molar-refractivity contribution >= 4 is 35.0 Å². The fourth-order valence-electron chi connectivity index (χ4n) is 1.74. The Kier molecular flexibility index (Phi) is 3.64. The smallest absolute Gasteiger partial charge is 0.244 e. The Morgan fingerprint density at radius 2 is 2.29 bits per heavy atom. The fourth-order valence-corrected chi connectivity index (χ4v) is 2.81. The van der Waals surface area contributed by atoms with Crippen molar-refractivity contribution in [3.63, 3.8) is 0 Å². The zero-order valence-corrected chi connectivity index (χ0v) is 12.9. The monoisotopic (exact) mass is 323 g/mol. The third-order valence-corrected chi connectivity index (χ3v) is 4.85. The minimum Gasteiger partial charge on any atom is -0.324 e. The first-order valence-electron chi connectivity index (χ1n) is 6.40. The number of halogens is 1. The van der Waals surface area contributed by atoms with Gasteiger partial charge in [0.1, 0.15) is 6.33 Å². The lowest BCUT2D eigenvalue weighted by Gasteiger charge is -2.11. The number of hydrogen-bond acceptors (Lipinski definition) is 5. The number of nitrogens with zero attached hydrogens (tertiary/aromatic N) is 3. The molecular formula is C13H14ClN5OS. The molecule has 0 aliphatic heterocycles. The van der Waals surface area contributed by atoms with E-state index < -0.39 is 5.54 Å². The van der Waals surface area contributed by atoms with Gasteiger partial charge in [0, 0.05) is 17.6 Å². The van der Waals surface area contributed by atoms with Gasteiger partial charge in [0.25, 0.3) is 0 Å². The number of anilines is 1. The molecule has 3 N–H and O–H groups in total.